The van der Waals surface area contributed by atoms with E-state index >= 15 is 0 Å². The average molecular weight is 815 g/mol. The van der Waals surface area contributed by atoms with Gasteiger partial charge >= 0.3 is 0 Å². The van der Waals surface area contributed by atoms with Crippen LogP contribution in [0.4, 0.5) is 0 Å². The predicted molar refractivity (Wildman–Crippen MR) is 163 cm³/mol. The minimum absolute atomic E-state index is 0.702. The summed E-state index contributed by atoms with van der Waals surface area (Å²) in [6.07, 6.45) is 17.0. The van der Waals surface area contributed by atoms with Gasteiger partial charge in [-0.3, -0.25) is 0 Å². The second-order valence-corrected chi connectivity index (χ2v) is 13.0. The van der Waals surface area contributed by atoms with E-state index in [9.17, 15) is 0 Å². The van der Waals surface area contributed by atoms with E-state index < -0.39 is 0 Å². The van der Waals surface area contributed by atoms with Gasteiger partial charge < -0.3 is 0 Å². The van der Waals surface area contributed by atoms with Crippen molar-refractivity contribution >= 4 is 100 Å². The molecule has 0 saturated heterocycles. The van der Waals surface area contributed by atoms with Gasteiger partial charge in [-0.25, -0.2) is 0 Å². The van der Waals surface area contributed by atoms with Gasteiger partial charge in [0.25, 0.3) is 0 Å². The lowest BCUT2D eigenvalue weighted by molar-refractivity contribution is 0.284. The summed E-state index contributed by atoms with van der Waals surface area (Å²) in [5.74, 6) is 6.98. The van der Waals surface area contributed by atoms with Gasteiger partial charge in [0.2, 0.25) is 0 Å². The first-order valence-corrected chi connectivity index (χ1v) is 18.4. The molecule has 3 rings (SSSR count). The number of hydrogen-bond acceptors (Lipinski definition) is 0. The van der Waals surface area contributed by atoms with Crippen molar-refractivity contribution < 1.29 is 0 Å². The molecule has 0 amide bonds. The number of hydrogen-bond donors (Lipinski definition) is 0. The quantitative estimate of drug-likeness (QED) is 0.185. The molecule has 0 spiro atoms. The Morgan fingerprint density at radius 2 is 0.767 bits per heavy atom. The van der Waals surface area contributed by atoms with Crippen LogP contribution in [0, 0.1) is 35.5 Å². The first-order valence-electron chi connectivity index (χ1n) is 12.0. The molecule has 0 heterocycles. The Kier molecular flexibility index (Phi) is 20.9. The van der Waals surface area contributed by atoms with Crippen LogP contribution in [0.3, 0.4) is 0 Å². The van der Waals surface area contributed by atoms with E-state index in [1.54, 1.807) is 0 Å². The van der Waals surface area contributed by atoms with Gasteiger partial charge in [0.15, 0.2) is 0 Å². The zero-order valence-electron chi connectivity index (χ0n) is 18.5. The molecule has 30 heavy (non-hydrogen) atoms. The Morgan fingerprint density at radius 1 is 0.500 bits per heavy atom. The number of halogens is 6. The van der Waals surface area contributed by atoms with E-state index in [-0.39, 0.29) is 0 Å². The summed E-state index contributed by atoms with van der Waals surface area (Å²) < 4.78 is 2.76. The molecule has 3 aliphatic rings. The third-order valence-corrected chi connectivity index (χ3v) is 12.1. The highest BCUT2D eigenvalue weighted by molar-refractivity contribution is 14.1. The Morgan fingerprint density at radius 3 is 1.00 bits per heavy atom. The molecule has 0 aromatic heterocycles. The Bertz CT molecular complexity index is 310. The fourth-order valence-electron chi connectivity index (χ4n) is 5.07. The van der Waals surface area contributed by atoms with Gasteiger partial charge in [0, 0.05) is 31.3 Å². The molecule has 0 aromatic rings. The fraction of sp³-hybridized carbons (Fsp3) is 1.00. The van der Waals surface area contributed by atoms with Gasteiger partial charge in [-0.1, -0.05) is 116 Å². The topological polar surface area (TPSA) is 0 Å². The number of rotatable bonds is 6. The van der Waals surface area contributed by atoms with Crippen molar-refractivity contribution in [3.63, 3.8) is 0 Å². The molecule has 0 aromatic carbocycles. The van der Waals surface area contributed by atoms with Gasteiger partial charge in [-0.2, -0.15) is 0 Å². The second-order valence-electron chi connectivity index (χ2n) is 9.34. The van der Waals surface area contributed by atoms with Crippen LogP contribution in [-0.4, -0.2) is 31.3 Å². The second kappa shape index (κ2) is 20.2. The molecular formula is C24H42Br2Cl2I2. The summed E-state index contributed by atoms with van der Waals surface area (Å²) >= 11 is 23.8. The highest BCUT2D eigenvalue weighted by Crippen LogP contribution is 2.33. The average Bonchev–Trinajstić information content (AvgIpc) is 2.84. The van der Waals surface area contributed by atoms with E-state index in [1.807, 2.05) is 0 Å². The van der Waals surface area contributed by atoms with Gasteiger partial charge in [-0.05, 0) is 74.0 Å². The summed E-state index contributed by atoms with van der Waals surface area (Å²) in [5.41, 5.74) is 0. The maximum atomic E-state index is 5.80. The zero-order valence-corrected chi connectivity index (χ0v) is 27.5. The smallest absolute Gasteiger partial charge is 0.0254 e. The van der Waals surface area contributed by atoms with Crippen LogP contribution in [0.5, 0.6) is 0 Å². The Labute approximate surface area is 241 Å². The van der Waals surface area contributed by atoms with E-state index in [4.69, 9.17) is 23.2 Å². The van der Waals surface area contributed by atoms with Crippen LogP contribution >= 0.6 is 100 Å². The molecule has 6 atom stereocenters. The normalized spacial score (nSPS) is 34.2. The standard InChI is InChI=1S/C8H14Br2.C8H14Cl2.C8H14I2/c3*9-5-7-3-1-2-4-8(7)6-10/h3*7-8H,1-6H2/t3*7-,8-/m111/s1. The fourth-order valence-corrected chi connectivity index (χ4v) is 9.91. The molecule has 0 bridgehead atoms. The van der Waals surface area contributed by atoms with Crippen LogP contribution in [0.15, 0.2) is 0 Å². The third-order valence-electron chi connectivity index (χ3n) is 7.39. The van der Waals surface area contributed by atoms with Crippen molar-refractivity contribution in [3.05, 3.63) is 0 Å². The summed E-state index contributed by atoms with van der Waals surface area (Å²) in [5, 5.41) is 2.40. The largest absolute Gasteiger partial charge is 0.126 e. The van der Waals surface area contributed by atoms with Crippen LogP contribution in [0.25, 0.3) is 0 Å². The van der Waals surface area contributed by atoms with E-state index in [0.717, 1.165) is 35.4 Å². The third kappa shape index (κ3) is 12.1. The van der Waals surface area contributed by atoms with Gasteiger partial charge in [0.1, 0.15) is 0 Å². The highest BCUT2D eigenvalue weighted by Gasteiger charge is 2.24. The SMILES string of the molecule is BrC[C@H]1CCCC[C@@H]1CBr.ClC[C@H]1CCCC[C@@H]1CCl.IC[C@H]1CCCC[C@@H]1CI. The van der Waals surface area contributed by atoms with E-state index in [0.29, 0.717) is 11.8 Å². The maximum Gasteiger partial charge on any atom is 0.0254 e. The Balaban J connectivity index is 0.000000225. The summed E-state index contributed by atoms with van der Waals surface area (Å²) in [6.45, 7) is 0. The lowest BCUT2D eigenvalue weighted by Crippen LogP contribution is -2.21. The molecule has 0 nitrogen and oxygen atoms in total. The van der Waals surface area contributed by atoms with Crippen molar-refractivity contribution in [3.8, 4) is 0 Å². The van der Waals surface area contributed by atoms with Crippen LogP contribution in [-0.2, 0) is 0 Å². The van der Waals surface area contributed by atoms with Crippen LogP contribution < -0.4 is 0 Å². The van der Waals surface area contributed by atoms with Crippen molar-refractivity contribution in [2.45, 2.75) is 77.0 Å². The molecule has 3 aliphatic carbocycles. The number of alkyl halides is 6. The molecule has 3 fully saturated rings. The van der Waals surface area contributed by atoms with Crippen molar-refractivity contribution in [1.29, 1.82) is 0 Å². The molecular weight excluding hydrogens is 773 g/mol. The molecule has 180 valence electrons. The van der Waals surface area contributed by atoms with Gasteiger partial charge in [0.05, 0.1) is 0 Å². The van der Waals surface area contributed by atoms with Crippen molar-refractivity contribution in [2.75, 3.05) is 31.3 Å². The summed E-state index contributed by atoms with van der Waals surface area (Å²) in [4.78, 5) is 0. The lowest BCUT2D eigenvalue weighted by Gasteiger charge is -2.28. The maximum absolute atomic E-state index is 5.80. The van der Waals surface area contributed by atoms with Crippen LogP contribution in [0.2, 0.25) is 0 Å². The molecule has 0 unspecified atom stereocenters. The molecule has 0 N–H and O–H groups in total. The van der Waals surface area contributed by atoms with Gasteiger partial charge in [-0.15, -0.1) is 23.2 Å². The molecule has 3 saturated carbocycles. The van der Waals surface area contributed by atoms with Crippen molar-refractivity contribution in [2.24, 2.45) is 35.5 Å². The Hall–Kier alpha value is 3.00. The van der Waals surface area contributed by atoms with Crippen molar-refractivity contribution in [1.82, 2.24) is 0 Å². The lowest BCUT2D eigenvalue weighted by atomic mass is 9.81. The molecule has 6 heteroatoms. The minimum atomic E-state index is 0.702. The van der Waals surface area contributed by atoms with Crippen LogP contribution in [0.1, 0.15) is 77.0 Å². The summed E-state index contributed by atoms with van der Waals surface area (Å²) in [7, 11) is 0. The van der Waals surface area contributed by atoms with E-state index in [2.05, 4.69) is 77.0 Å². The zero-order chi connectivity index (χ0) is 22.2. The minimum Gasteiger partial charge on any atom is -0.126 e. The summed E-state index contributed by atoms with van der Waals surface area (Å²) in [6, 6.07) is 0. The molecule has 0 radical (unpaired) electrons. The molecule has 0 aliphatic heterocycles. The highest BCUT2D eigenvalue weighted by atomic mass is 127. The van der Waals surface area contributed by atoms with E-state index in [1.165, 1.54) is 96.6 Å². The monoisotopic (exact) mass is 812 g/mol. The predicted octanol–water partition coefficient (Wildman–Crippen LogP) is 10.5. The first-order chi connectivity index (χ1) is 14.6. The first kappa shape index (κ1) is 31.0.